The Balaban J connectivity index is 2.28. The Morgan fingerprint density at radius 2 is 1.20 bits per heavy atom. The van der Waals surface area contributed by atoms with E-state index in [0.29, 0.717) is 28.4 Å². The highest BCUT2D eigenvalue weighted by Crippen LogP contribution is 2.50. The summed E-state index contributed by atoms with van der Waals surface area (Å²) in [6.45, 7) is 1.36. The predicted molar refractivity (Wildman–Crippen MR) is 115 cm³/mol. The van der Waals surface area contributed by atoms with E-state index < -0.39 is 5.97 Å². The molecular weight excluding hydrogens is 384 g/mol. The van der Waals surface area contributed by atoms with Gasteiger partial charge in [-0.1, -0.05) is 24.3 Å². The quantitative estimate of drug-likeness (QED) is 0.406. The zero-order chi connectivity index (χ0) is 21.7. The van der Waals surface area contributed by atoms with E-state index in [1.807, 2.05) is 54.6 Å². The first-order valence-electron chi connectivity index (χ1n) is 9.28. The zero-order valence-electron chi connectivity index (χ0n) is 17.6. The van der Waals surface area contributed by atoms with Crippen LogP contribution in [0.5, 0.6) is 28.7 Å². The molecular formula is C24H24O6. The largest absolute Gasteiger partial charge is 0.497 e. The molecule has 0 heterocycles. The van der Waals surface area contributed by atoms with Crippen LogP contribution in [-0.2, 0) is 4.79 Å². The Bertz CT molecular complexity index is 1020. The van der Waals surface area contributed by atoms with E-state index in [-0.39, 0.29) is 0 Å². The van der Waals surface area contributed by atoms with Crippen molar-refractivity contribution in [1.82, 2.24) is 0 Å². The van der Waals surface area contributed by atoms with Gasteiger partial charge in [-0.2, -0.15) is 0 Å². The first-order chi connectivity index (χ1) is 14.5. The van der Waals surface area contributed by atoms with E-state index in [2.05, 4.69) is 0 Å². The van der Waals surface area contributed by atoms with E-state index >= 15 is 0 Å². The number of carbonyl (C=O) groups is 1. The lowest BCUT2D eigenvalue weighted by molar-refractivity contribution is -0.131. The third kappa shape index (κ3) is 4.17. The maximum atomic E-state index is 11.9. The fraction of sp³-hybridized carbons (Fsp3) is 0.208. The third-order valence-electron chi connectivity index (χ3n) is 4.65. The first kappa shape index (κ1) is 21.0. The highest BCUT2D eigenvalue weighted by Gasteiger charge is 2.24. The Kier molecular flexibility index (Phi) is 6.47. The molecule has 0 aromatic heterocycles. The van der Waals surface area contributed by atoms with E-state index in [4.69, 9.17) is 23.7 Å². The molecule has 0 unspecified atom stereocenters. The molecule has 0 spiro atoms. The summed E-state index contributed by atoms with van der Waals surface area (Å²) >= 11 is 0. The molecule has 6 nitrogen and oxygen atoms in total. The minimum absolute atomic E-state index is 0.321. The second-order valence-electron chi connectivity index (χ2n) is 6.41. The van der Waals surface area contributed by atoms with Crippen molar-refractivity contribution in [1.29, 1.82) is 0 Å². The number of hydrogen-bond donors (Lipinski definition) is 0. The molecule has 0 saturated carbocycles. The number of methoxy groups -OCH3 is 4. The number of ether oxygens (including phenoxy) is 5. The van der Waals surface area contributed by atoms with Gasteiger partial charge in [0, 0.05) is 12.5 Å². The Hall–Kier alpha value is -3.67. The van der Waals surface area contributed by atoms with Crippen LogP contribution in [0.1, 0.15) is 6.92 Å². The lowest BCUT2D eigenvalue weighted by atomic mass is 9.96. The smallest absolute Gasteiger partial charge is 0.308 e. The molecule has 3 rings (SSSR count). The summed E-state index contributed by atoms with van der Waals surface area (Å²) in [7, 11) is 6.34. The van der Waals surface area contributed by atoms with Gasteiger partial charge in [0.15, 0.2) is 11.5 Å². The molecule has 0 amide bonds. The summed E-state index contributed by atoms with van der Waals surface area (Å²) in [5, 5.41) is 0. The SMILES string of the molecule is COc1ccc(-c2cc(OC)c(-c3ccc(OC)cc3)c(OC)c2OC(C)=O)cc1. The maximum Gasteiger partial charge on any atom is 0.308 e. The van der Waals surface area contributed by atoms with Gasteiger partial charge in [0.1, 0.15) is 17.2 Å². The summed E-state index contributed by atoms with van der Waals surface area (Å²) in [6, 6.07) is 16.7. The van der Waals surface area contributed by atoms with Crippen LogP contribution < -0.4 is 23.7 Å². The summed E-state index contributed by atoms with van der Waals surface area (Å²) in [4.78, 5) is 11.9. The average Bonchev–Trinajstić information content (AvgIpc) is 2.78. The lowest BCUT2D eigenvalue weighted by Gasteiger charge is -2.20. The fourth-order valence-electron chi connectivity index (χ4n) is 3.23. The molecule has 0 radical (unpaired) electrons. The van der Waals surface area contributed by atoms with Gasteiger partial charge in [-0.05, 0) is 41.5 Å². The van der Waals surface area contributed by atoms with Gasteiger partial charge in [-0.25, -0.2) is 0 Å². The molecule has 3 aromatic carbocycles. The fourth-order valence-corrected chi connectivity index (χ4v) is 3.23. The highest BCUT2D eigenvalue weighted by atomic mass is 16.6. The Morgan fingerprint density at radius 1 is 0.667 bits per heavy atom. The van der Waals surface area contributed by atoms with Gasteiger partial charge in [-0.3, -0.25) is 4.79 Å². The molecule has 0 saturated heterocycles. The molecule has 0 N–H and O–H groups in total. The van der Waals surface area contributed by atoms with Crippen molar-refractivity contribution < 1.29 is 28.5 Å². The topological polar surface area (TPSA) is 63.2 Å². The third-order valence-corrected chi connectivity index (χ3v) is 4.65. The van der Waals surface area contributed by atoms with Crippen LogP contribution in [0.25, 0.3) is 22.3 Å². The molecule has 3 aromatic rings. The average molecular weight is 408 g/mol. The number of esters is 1. The normalized spacial score (nSPS) is 10.3. The molecule has 0 fully saturated rings. The standard InChI is InChI=1S/C24H24O6/c1-15(25)30-23-20(16-6-10-18(26-2)11-7-16)14-21(28-4)22(24(23)29-5)17-8-12-19(27-3)13-9-17/h6-14H,1-5H3. The molecule has 0 aliphatic rings. The minimum Gasteiger partial charge on any atom is -0.497 e. The summed E-state index contributed by atoms with van der Waals surface area (Å²) in [6.07, 6.45) is 0. The van der Waals surface area contributed by atoms with Crippen LogP contribution in [0, 0.1) is 0 Å². The summed E-state index contributed by atoms with van der Waals surface area (Å²) < 4.78 is 27.5. The number of hydrogen-bond acceptors (Lipinski definition) is 6. The first-order valence-corrected chi connectivity index (χ1v) is 9.28. The van der Waals surface area contributed by atoms with E-state index in [1.54, 1.807) is 21.3 Å². The van der Waals surface area contributed by atoms with Crippen LogP contribution in [0.15, 0.2) is 54.6 Å². The van der Waals surface area contributed by atoms with Crippen molar-refractivity contribution in [2.24, 2.45) is 0 Å². The second kappa shape index (κ2) is 9.22. The molecule has 0 bridgehead atoms. The maximum absolute atomic E-state index is 11.9. The number of carbonyl (C=O) groups excluding carboxylic acids is 1. The Labute approximate surface area is 175 Å². The summed E-state index contributed by atoms with van der Waals surface area (Å²) in [5.41, 5.74) is 3.00. The van der Waals surface area contributed by atoms with Crippen LogP contribution in [-0.4, -0.2) is 34.4 Å². The van der Waals surface area contributed by atoms with Crippen molar-refractivity contribution in [2.45, 2.75) is 6.92 Å². The zero-order valence-corrected chi connectivity index (χ0v) is 17.6. The number of benzene rings is 3. The Morgan fingerprint density at radius 3 is 1.63 bits per heavy atom. The van der Waals surface area contributed by atoms with E-state index in [1.165, 1.54) is 14.0 Å². The van der Waals surface area contributed by atoms with Gasteiger partial charge < -0.3 is 23.7 Å². The molecule has 156 valence electrons. The van der Waals surface area contributed by atoms with Crippen molar-refractivity contribution in [3.63, 3.8) is 0 Å². The highest BCUT2D eigenvalue weighted by molar-refractivity contribution is 5.90. The monoisotopic (exact) mass is 408 g/mol. The van der Waals surface area contributed by atoms with Crippen LogP contribution in [0.3, 0.4) is 0 Å². The van der Waals surface area contributed by atoms with Gasteiger partial charge in [-0.15, -0.1) is 0 Å². The van der Waals surface area contributed by atoms with Crippen molar-refractivity contribution >= 4 is 5.97 Å². The van der Waals surface area contributed by atoms with Crippen LogP contribution in [0.2, 0.25) is 0 Å². The van der Waals surface area contributed by atoms with Crippen LogP contribution in [0.4, 0.5) is 0 Å². The van der Waals surface area contributed by atoms with Crippen molar-refractivity contribution in [3.8, 4) is 51.0 Å². The van der Waals surface area contributed by atoms with Gasteiger partial charge in [0.05, 0.1) is 34.0 Å². The molecule has 0 aliphatic heterocycles. The van der Waals surface area contributed by atoms with E-state index in [0.717, 1.165) is 22.6 Å². The van der Waals surface area contributed by atoms with Crippen molar-refractivity contribution in [3.05, 3.63) is 54.6 Å². The second-order valence-corrected chi connectivity index (χ2v) is 6.41. The lowest BCUT2D eigenvalue weighted by Crippen LogP contribution is -2.06. The molecule has 6 heteroatoms. The van der Waals surface area contributed by atoms with Gasteiger partial charge in [0.2, 0.25) is 0 Å². The van der Waals surface area contributed by atoms with Gasteiger partial charge >= 0.3 is 5.97 Å². The van der Waals surface area contributed by atoms with Crippen LogP contribution >= 0.6 is 0 Å². The van der Waals surface area contributed by atoms with Crippen molar-refractivity contribution in [2.75, 3.05) is 28.4 Å². The van der Waals surface area contributed by atoms with E-state index in [9.17, 15) is 4.79 Å². The molecule has 30 heavy (non-hydrogen) atoms. The summed E-state index contributed by atoms with van der Waals surface area (Å²) in [5.74, 6) is 2.31. The predicted octanol–water partition coefficient (Wildman–Crippen LogP) is 4.98. The minimum atomic E-state index is -0.450. The number of rotatable bonds is 7. The molecule has 0 atom stereocenters. The molecule has 0 aliphatic carbocycles. The van der Waals surface area contributed by atoms with Gasteiger partial charge in [0.25, 0.3) is 0 Å².